The number of hydrogen-bond donors (Lipinski definition) is 1. The van der Waals surface area contributed by atoms with Crippen molar-refractivity contribution >= 4 is 63.8 Å². The molecule has 3 amide bonds. The van der Waals surface area contributed by atoms with Crippen molar-refractivity contribution in [2.75, 3.05) is 11.9 Å². The molecule has 36 heavy (non-hydrogen) atoms. The van der Waals surface area contributed by atoms with Crippen LogP contribution in [0.15, 0.2) is 65.6 Å². The van der Waals surface area contributed by atoms with E-state index < -0.39 is 11.1 Å². The molecule has 9 heteroatoms. The maximum absolute atomic E-state index is 13.0. The first kappa shape index (κ1) is 25.8. The van der Waals surface area contributed by atoms with Crippen LogP contribution in [-0.4, -0.2) is 28.6 Å². The van der Waals surface area contributed by atoms with Crippen LogP contribution < -0.4 is 10.1 Å². The normalized spacial score (nSPS) is 14.4. The standard InChI is InChI=1S/C27H22Cl2N2O4S/c1-16-10-11-22(17(2)12-16)30-25(32)15-35-23-9-4-3-6-18(23)13-24-26(33)31(27(34)36-24)14-19-20(28)7-5-8-21(19)29/h3-13H,14-15H2,1-2H3,(H,30,32)/b24-13-. The molecule has 0 saturated carbocycles. The number of rotatable bonds is 7. The van der Waals surface area contributed by atoms with Gasteiger partial charge in [0.25, 0.3) is 17.1 Å². The number of nitrogens with one attached hydrogen (secondary N) is 1. The lowest BCUT2D eigenvalue weighted by Gasteiger charge is -2.14. The highest BCUT2D eigenvalue weighted by Gasteiger charge is 2.36. The summed E-state index contributed by atoms with van der Waals surface area (Å²) in [7, 11) is 0. The molecule has 1 fully saturated rings. The zero-order valence-electron chi connectivity index (χ0n) is 19.5. The summed E-state index contributed by atoms with van der Waals surface area (Å²) in [5.74, 6) is -0.355. The fourth-order valence-electron chi connectivity index (χ4n) is 3.63. The van der Waals surface area contributed by atoms with Gasteiger partial charge in [-0.15, -0.1) is 0 Å². The number of carbonyl (C=O) groups excluding carboxylic acids is 3. The number of anilines is 1. The largest absolute Gasteiger partial charge is 0.483 e. The van der Waals surface area contributed by atoms with Gasteiger partial charge in [0.1, 0.15) is 5.75 Å². The lowest BCUT2D eigenvalue weighted by Crippen LogP contribution is -2.27. The molecule has 0 radical (unpaired) electrons. The number of amides is 3. The van der Waals surface area contributed by atoms with Crippen molar-refractivity contribution in [3.05, 3.63) is 97.9 Å². The molecule has 1 N–H and O–H groups in total. The number of halogens is 2. The number of aryl methyl sites for hydroxylation is 2. The van der Waals surface area contributed by atoms with Gasteiger partial charge in [0.15, 0.2) is 6.61 Å². The van der Waals surface area contributed by atoms with Crippen LogP contribution in [-0.2, 0) is 16.1 Å². The predicted molar refractivity (Wildman–Crippen MR) is 144 cm³/mol. The first-order chi connectivity index (χ1) is 17.2. The molecule has 0 aromatic heterocycles. The number of imide groups is 1. The molecule has 0 spiro atoms. The van der Waals surface area contributed by atoms with Crippen molar-refractivity contribution in [3.8, 4) is 5.75 Å². The van der Waals surface area contributed by atoms with Crippen molar-refractivity contribution in [1.82, 2.24) is 4.90 Å². The lowest BCUT2D eigenvalue weighted by atomic mass is 10.1. The lowest BCUT2D eigenvalue weighted by molar-refractivity contribution is -0.123. The van der Waals surface area contributed by atoms with Crippen LogP contribution in [0.1, 0.15) is 22.3 Å². The van der Waals surface area contributed by atoms with Crippen LogP contribution in [0.2, 0.25) is 10.0 Å². The number of nitrogens with zero attached hydrogens (tertiary/aromatic N) is 1. The SMILES string of the molecule is Cc1ccc(NC(=O)COc2ccccc2/C=C2\SC(=O)N(Cc3c(Cl)cccc3Cl)C2=O)c(C)c1. The van der Waals surface area contributed by atoms with Crippen LogP contribution in [0, 0.1) is 13.8 Å². The van der Waals surface area contributed by atoms with Crippen LogP contribution in [0.25, 0.3) is 6.08 Å². The molecule has 0 bridgehead atoms. The maximum atomic E-state index is 13.0. The third kappa shape index (κ3) is 5.93. The average molecular weight is 541 g/mol. The fraction of sp³-hybridized carbons (Fsp3) is 0.148. The Labute approximate surface area is 223 Å². The van der Waals surface area contributed by atoms with Crippen LogP contribution in [0.5, 0.6) is 5.75 Å². The molecule has 1 aliphatic rings. The molecular weight excluding hydrogens is 519 g/mol. The van der Waals surface area contributed by atoms with E-state index in [0.717, 1.165) is 33.5 Å². The molecule has 3 aromatic rings. The number of carbonyl (C=O) groups is 3. The van der Waals surface area contributed by atoms with E-state index in [1.54, 1.807) is 48.5 Å². The van der Waals surface area contributed by atoms with Gasteiger partial charge in [-0.25, -0.2) is 0 Å². The maximum Gasteiger partial charge on any atom is 0.293 e. The first-order valence-electron chi connectivity index (χ1n) is 11.0. The number of ether oxygens (including phenoxy) is 1. The Bertz CT molecular complexity index is 1370. The van der Waals surface area contributed by atoms with Gasteiger partial charge in [-0.3, -0.25) is 19.3 Å². The van der Waals surface area contributed by atoms with Crippen LogP contribution in [0.4, 0.5) is 10.5 Å². The molecule has 1 heterocycles. The monoisotopic (exact) mass is 540 g/mol. The van der Waals surface area contributed by atoms with Gasteiger partial charge in [0, 0.05) is 26.9 Å². The van der Waals surface area contributed by atoms with Crippen LogP contribution >= 0.6 is 35.0 Å². The minimum atomic E-state index is -0.455. The molecule has 184 valence electrons. The van der Waals surface area contributed by atoms with Gasteiger partial charge in [-0.2, -0.15) is 0 Å². The summed E-state index contributed by atoms with van der Waals surface area (Å²) in [5, 5.41) is 3.17. The van der Waals surface area contributed by atoms with Crippen molar-refractivity contribution < 1.29 is 19.1 Å². The van der Waals surface area contributed by atoms with Crippen LogP contribution in [0.3, 0.4) is 0 Å². The van der Waals surface area contributed by atoms with Crippen molar-refractivity contribution in [3.63, 3.8) is 0 Å². The second-order valence-corrected chi connectivity index (χ2v) is 9.97. The summed E-state index contributed by atoms with van der Waals surface area (Å²) >= 11 is 13.2. The quantitative estimate of drug-likeness (QED) is 0.331. The summed E-state index contributed by atoms with van der Waals surface area (Å²) < 4.78 is 5.75. The van der Waals surface area contributed by atoms with Gasteiger partial charge in [-0.05, 0) is 61.5 Å². The Morgan fingerprint density at radius 1 is 1.03 bits per heavy atom. The van der Waals surface area contributed by atoms with Crippen molar-refractivity contribution in [2.24, 2.45) is 0 Å². The third-order valence-corrected chi connectivity index (χ3v) is 7.09. The van der Waals surface area contributed by atoms with E-state index >= 15 is 0 Å². The van der Waals surface area contributed by atoms with E-state index in [9.17, 15) is 14.4 Å². The summed E-state index contributed by atoms with van der Waals surface area (Å²) in [5.41, 5.74) is 3.85. The van der Waals surface area contributed by atoms with E-state index in [0.29, 0.717) is 26.9 Å². The summed E-state index contributed by atoms with van der Waals surface area (Å²) in [6.45, 7) is 3.66. The Balaban J connectivity index is 1.46. The first-order valence-corrected chi connectivity index (χ1v) is 12.6. The average Bonchev–Trinajstić information content (AvgIpc) is 3.10. The molecule has 0 atom stereocenters. The Morgan fingerprint density at radius 3 is 2.47 bits per heavy atom. The number of thioether (sulfide) groups is 1. The second-order valence-electron chi connectivity index (χ2n) is 8.16. The number of para-hydroxylation sites is 1. The third-order valence-electron chi connectivity index (χ3n) is 5.47. The minimum Gasteiger partial charge on any atom is -0.483 e. The van der Waals surface area contributed by atoms with E-state index in [1.165, 1.54) is 0 Å². The van der Waals surface area contributed by atoms with Gasteiger partial charge < -0.3 is 10.1 Å². The highest BCUT2D eigenvalue weighted by Crippen LogP contribution is 2.36. The van der Waals surface area contributed by atoms with E-state index in [-0.39, 0.29) is 24.0 Å². The molecule has 6 nitrogen and oxygen atoms in total. The topological polar surface area (TPSA) is 75.7 Å². The fourth-order valence-corrected chi connectivity index (χ4v) is 4.98. The number of hydrogen-bond acceptors (Lipinski definition) is 5. The Hall–Kier alpha value is -3.26. The van der Waals surface area contributed by atoms with Gasteiger partial charge >= 0.3 is 0 Å². The highest BCUT2D eigenvalue weighted by molar-refractivity contribution is 8.18. The van der Waals surface area contributed by atoms with Gasteiger partial charge in [0.2, 0.25) is 0 Å². The summed E-state index contributed by atoms with van der Waals surface area (Å²) in [4.78, 5) is 39.4. The van der Waals surface area contributed by atoms with E-state index in [1.807, 2.05) is 32.0 Å². The predicted octanol–water partition coefficient (Wildman–Crippen LogP) is 6.86. The zero-order chi connectivity index (χ0) is 25.8. The van der Waals surface area contributed by atoms with Crippen molar-refractivity contribution in [1.29, 1.82) is 0 Å². The Kier molecular flexibility index (Phi) is 8.04. The zero-order valence-corrected chi connectivity index (χ0v) is 21.8. The minimum absolute atomic E-state index is 0.0305. The van der Waals surface area contributed by atoms with E-state index in [4.69, 9.17) is 27.9 Å². The molecule has 1 aliphatic heterocycles. The van der Waals surface area contributed by atoms with E-state index in [2.05, 4.69) is 5.32 Å². The molecular formula is C27H22Cl2N2O4S. The molecule has 0 aliphatic carbocycles. The smallest absolute Gasteiger partial charge is 0.293 e. The molecule has 4 rings (SSSR count). The van der Waals surface area contributed by atoms with Gasteiger partial charge in [0.05, 0.1) is 11.4 Å². The number of benzene rings is 3. The molecule has 0 unspecified atom stereocenters. The second kappa shape index (κ2) is 11.2. The Morgan fingerprint density at radius 2 is 1.75 bits per heavy atom. The molecule has 1 saturated heterocycles. The van der Waals surface area contributed by atoms with Gasteiger partial charge in [-0.1, -0.05) is 65.2 Å². The molecule has 3 aromatic carbocycles. The highest BCUT2D eigenvalue weighted by atomic mass is 35.5. The summed E-state index contributed by atoms with van der Waals surface area (Å²) in [6, 6.07) is 17.7. The summed E-state index contributed by atoms with van der Waals surface area (Å²) in [6.07, 6.45) is 1.58. The van der Waals surface area contributed by atoms with Crippen molar-refractivity contribution in [2.45, 2.75) is 20.4 Å².